The summed E-state index contributed by atoms with van der Waals surface area (Å²) in [5.74, 6) is 0. The number of hydrogen-bond donors (Lipinski definition) is 0. The Kier molecular flexibility index (Phi) is 10.7. The zero-order chi connectivity index (χ0) is 30.7. The van der Waals surface area contributed by atoms with Crippen LogP contribution in [-0.2, 0) is 0 Å². The second-order valence-corrected chi connectivity index (χ2v) is 31.1. The predicted molar refractivity (Wildman–Crippen MR) is 205 cm³/mol. The summed E-state index contributed by atoms with van der Waals surface area (Å²) in [6.45, 7) is 0. The molecular formula is C44H56Sb2. The molecule has 4 fully saturated rings. The van der Waals surface area contributed by atoms with E-state index in [1.807, 2.05) is 7.02 Å². The molecule has 242 valence electrons. The van der Waals surface area contributed by atoms with Gasteiger partial charge in [-0.1, -0.05) is 0 Å². The van der Waals surface area contributed by atoms with Gasteiger partial charge in [-0.05, 0) is 0 Å². The van der Waals surface area contributed by atoms with Crippen LogP contribution >= 0.6 is 0 Å². The monoisotopic (exact) mass is 826 g/mol. The fourth-order valence-corrected chi connectivity index (χ4v) is 32.9. The Bertz CT molecular complexity index is 1440. The van der Waals surface area contributed by atoms with Crippen LogP contribution in [0.3, 0.4) is 0 Å². The van der Waals surface area contributed by atoms with Crippen molar-refractivity contribution in [3.63, 3.8) is 0 Å². The van der Waals surface area contributed by atoms with E-state index in [0.29, 0.717) is 0 Å². The van der Waals surface area contributed by atoms with E-state index in [0.717, 1.165) is 15.5 Å². The van der Waals surface area contributed by atoms with Crippen molar-refractivity contribution < 1.29 is 0 Å². The van der Waals surface area contributed by atoms with Gasteiger partial charge < -0.3 is 0 Å². The van der Waals surface area contributed by atoms with Gasteiger partial charge in [0.25, 0.3) is 0 Å². The van der Waals surface area contributed by atoms with Crippen molar-refractivity contribution in [3.8, 4) is 11.1 Å². The van der Waals surface area contributed by atoms with Crippen molar-refractivity contribution in [2.45, 2.75) is 144 Å². The summed E-state index contributed by atoms with van der Waals surface area (Å²) in [4.78, 5) is 0. The van der Waals surface area contributed by atoms with E-state index in [1.165, 1.54) is 139 Å². The van der Waals surface area contributed by atoms with Gasteiger partial charge in [-0.3, -0.25) is 0 Å². The molecule has 4 aromatic rings. The Morgan fingerprint density at radius 2 is 0.630 bits per heavy atom. The van der Waals surface area contributed by atoms with Gasteiger partial charge in [0.15, 0.2) is 0 Å². The van der Waals surface area contributed by atoms with Crippen molar-refractivity contribution in [2.75, 3.05) is 0 Å². The molecule has 4 saturated carbocycles. The van der Waals surface area contributed by atoms with Gasteiger partial charge in [0.05, 0.1) is 0 Å². The first-order valence-electron chi connectivity index (χ1n) is 19.5. The fraction of sp³-hybridized carbons (Fsp3) is 0.545. The van der Waals surface area contributed by atoms with E-state index < -0.39 is 40.4 Å². The van der Waals surface area contributed by atoms with E-state index in [-0.39, 0.29) is 0 Å². The van der Waals surface area contributed by atoms with Crippen LogP contribution in [0.4, 0.5) is 0 Å². The maximum absolute atomic E-state index is 2.76. The van der Waals surface area contributed by atoms with Crippen LogP contribution in [0, 0.1) is 0 Å². The molecule has 0 heterocycles. The summed E-state index contributed by atoms with van der Waals surface area (Å²) in [7, 11) is 0. The van der Waals surface area contributed by atoms with Crippen molar-refractivity contribution in [1.82, 2.24) is 0 Å². The Hall–Kier alpha value is -0.964. The van der Waals surface area contributed by atoms with Gasteiger partial charge in [-0.15, -0.1) is 0 Å². The Morgan fingerprint density at radius 1 is 0.326 bits per heavy atom. The Morgan fingerprint density at radius 3 is 0.957 bits per heavy atom. The molecule has 0 amide bonds. The van der Waals surface area contributed by atoms with E-state index >= 15 is 0 Å². The number of rotatable bonds is 7. The molecule has 0 spiro atoms. The van der Waals surface area contributed by atoms with Crippen LogP contribution in [0.15, 0.2) is 72.8 Å². The van der Waals surface area contributed by atoms with Gasteiger partial charge in [-0.25, -0.2) is 0 Å². The topological polar surface area (TPSA) is 0 Å². The molecule has 4 aliphatic rings. The molecule has 0 bridgehead atoms. The molecule has 0 nitrogen and oxygen atoms in total. The average Bonchev–Trinajstić information content (AvgIpc) is 3.14. The quantitative estimate of drug-likeness (QED) is 0.163. The second kappa shape index (κ2) is 15.3. The van der Waals surface area contributed by atoms with Crippen molar-refractivity contribution in [2.24, 2.45) is 0 Å². The molecule has 0 aliphatic heterocycles. The molecule has 4 aromatic carbocycles. The summed E-state index contributed by atoms with van der Waals surface area (Å²) >= 11 is -3.76. The van der Waals surface area contributed by atoms with Crippen LogP contribution in [0.1, 0.15) is 128 Å². The molecule has 0 unspecified atom stereocenters. The molecule has 0 atom stereocenters. The van der Waals surface area contributed by atoms with Crippen LogP contribution in [0.5, 0.6) is 0 Å². The summed E-state index contributed by atoms with van der Waals surface area (Å²) in [5, 5.41) is 6.14. The standard InChI is InChI=1S/C20H12.4C6H11.2Sb/c1-3-11-17-15(7-1)9-5-13-19(17)20-14-6-10-16-8-2-4-12-18(16)20;4*1-2-4-6-5-3-1;;/h1-12H;4*1H,2-6H2;;. The summed E-state index contributed by atoms with van der Waals surface area (Å²) < 4.78 is 8.01. The molecule has 4 aliphatic carbocycles. The number of fused-ring (bicyclic) bond motifs is 2. The van der Waals surface area contributed by atoms with Gasteiger partial charge in [-0.2, -0.15) is 0 Å². The van der Waals surface area contributed by atoms with E-state index in [4.69, 9.17) is 0 Å². The fourth-order valence-electron chi connectivity index (χ4n) is 10.3. The molecule has 8 rings (SSSR count). The molecule has 2 heteroatoms. The van der Waals surface area contributed by atoms with Crippen LogP contribution in [-0.4, -0.2) is 40.4 Å². The van der Waals surface area contributed by atoms with E-state index in [1.54, 1.807) is 21.9 Å². The Labute approximate surface area is 294 Å². The normalized spacial score (nSPS) is 21.5. The first-order valence-corrected chi connectivity index (χ1v) is 27.9. The number of benzene rings is 4. The van der Waals surface area contributed by atoms with Gasteiger partial charge in [0.1, 0.15) is 0 Å². The SMILES string of the molecule is c1ccc2c(-c3[c]([Sb]([CH]4CCCCC4)[CH]4CCCCC4)ccc4ccccc34)[c]([Sb]([CH]3CCCCC3)[CH]3CCCCC3)ccc2c1. The van der Waals surface area contributed by atoms with Crippen LogP contribution < -0.4 is 7.02 Å². The zero-order valence-corrected chi connectivity index (χ0v) is 33.4. The first kappa shape index (κ1) is 32.3. The third-order valence-electron chi connectivity index (χ3n) is 12.5. The maximum atomic E-state index is 2.76. The van der Waals surface area contributed by atoms with Crippen LogP contribution in [0.2, 0.25) is 15.5 Å². The van der Waals surface area contributed by atoms with Gasteiger partial charge in [0.2, 0.25) is 0 Å². The summed E-state index contributed by atoms with van der Waals surface area (Å²) in [6.07, 6.45) is 30.0. The molecule has 0 N–H and O–H groups in total. The zero-order valence-electron chi connectivity index (χ0n) is 28.3. The molecule has 0 saturated heterocycles. The molecule has 0 radical (unpaired) electrons. The minimum atomic E-state index is -1.88. The van der Waals surface area contributed by atoms with Crippen molar-refractivity contribution in [1.29, 1.82) is 0 Å². The minimum absolute atomic E-state index is 1.03. The average molecular weight is 828 g/mol. The van der Waals surface area contributed by atoms with Crippen LogP contribution in [0.25, 0.3) is 32.7 Å². The van der Waals surface area contributed by atoms with Crippen molar-refractivity contribution >= 4 is 69.0 Å². The third-order valence-corrected chi connectivity index (χ3v) is 32.7. The van der Waals surface area contributed by atoms with Gasteiger partial charge in [0, 0.05) is 0 Å². The summed E-state index contributed by atoms with van der Waals surface area (Å²) in [6, 6.07) is 29.9. The van der Waals surface area contributed by atoms with E-state index in [2.05, 4.69) is 72.8 Å². The molecule has 0 aromatic heterocycles. The van der Waals surface area contributed by atoms with Crippen molar-refractivity contribution in [3.05, 3.63) is 72.8 Å². The number of hydrogen-bond acceptors (Lipinski definition) is 0. The van der Waals surface area contributed by atoms with Gasteiger partial charge >= 0.3 is 297 Å². The third kappa shape index (κ3) is 6.64. The summed E-state index contributed by atoms with van der Waals surface area (Å²) in [5.41, 5.74) is 3.54. The second-order valence-electron chi connectivity index (χ2n) is 15.3. The molecule has 46 heavy (non-hydrogen) atoms. The molecular weight excluding hydrogens is 772 g/mol. The first-order chi connectivity index (χ1) is 22.9. The van der Waals surface area contributed by atoms with E-state index in [9.17, 15) is 0 Å². The predicted octanol–water partition coefficient (Wildman–Crippen LogP) is 12.4. The Balaban J connectivity index is 1.41.